The minimum Gasteiger partial charge on any atom is -0.622 e. The predicted octanol–water partition coefficient (Wildman–Crippen LogP) is 0.474. The molecule has 0 aliphatic carbocycles. The molecule has 1 heterocycles. The summed E-state index contributed by atoms with van der Waals surface area (Å²) in [6.07, 6.45) is -0.747. The first-order chi connectivity index (χ1) is 5.96. The first-order valence-electron chi connectivity index (χ1n) is 4.00. The normalized spacial score (nSPS) is 34.1. The molecule has 1 fully saturated rings. The van der Waals surface area contributed by atoms with E-state index in [1.807, 2.05) is 0 Å². The van der Waals surface area contributed by atoms with Crippen LogP contribution in [0.25, 0.3) is 0 Å². The number of likely N-dealkylation sites (tertiary alicyclic amines) is 1. The predicted molar refractivity (Wildman–Crippen MR) is 41.7 cm³/mol. The zero-order valence-corrected chi connectivity index (χ0v) is 6.97. The maximum atomic E-state index is 11.4. The molecule has 6 nitrogen and oxygen atoms in total. The van der Waals surface area contributed by atoms with Crippen molar-refractivity contribution in [2.75, 3.05) is 13.1 Å². The molecule has 2 atom stereocenters. The van der Waals surface area contributed by atoms with Crippen molar-refractivity contribution in [1.82, 2.24) is 0 Å². The van der Waals surface area contributed by atoms with Crippen molar-refractivity contribution in [3.05, 3.63) is 5.21 Å². The molecule has 6 heteroatoms. The standard InChI is InChI=1S/C7H11NO5/c9-6(10)5-2-1-3-8(13,4-5)7(11)12/h5H,1-4H2,(H,9,10)(H,11,12). The molecule has 13 heavy (non-hydrogen) atoms. The number of hydroxylamine groups is 3. The van der Waals surface area contributed by atoms with Gasteiger partial charge in [0.2, 0.25) is 0 Å². The molecular formula is C7H11NO5. The highest BCUT2D eigenvalue weighted by Gasteiger charge is 2.37. The Bertz CT molecular complexity index is 241. The molecule has 0 radical (unpaired) electrons. The van der Waals surface area contributed by atoms with Crippen LogP contribution in [0.15, 0.2) is 0 Å². The first-order valence-corrected chi connectivity index (χ1v) is 4.00. The number of hydrogen-bond acceptors (Lipinski definition) is 3. The Morgan fingerprint density at radius 1 is 1.38 bits per heavy atom. The zero-order valence-electron chi connectivity index (χ0n) is 6.97. The Kier molecular flexibility index (Phi) is 2.53. The van der Waals surface area contributed by atoms with E-state index in [-0.39, 0.29) is 13.1 Å². The van der Waals surface area contributed by atoms with Crippen molar-refractivity contribution in [1.29, 1.82) is 0 Å². The number of amides is 1. The van der Waals surface area contributed by atoms with E-state index < -0.39 is 22.6 Å². The lowest BCUT2D eigenvalue weighted by Gasteiger charge is -2.41. The SMILES string of the molecule is O=C(O)C1CCC[N+]([O-])(C(=O)O)C1. The first kappa shape index (κ1) is 9.94. The van der Waals surface area contributed by atoms with Gasteiger partial charge in [-0.2, -0.15) is 4.79 Å². The fourth-order valence-electron chi connectivity index (χ4n) is 1.51. The van der Waals surface area contributed by atoms with E-state index >= 15 is 0 Å². The van der Waals surface area contributed by atoms with E-state index in [0.717, 1.165) is 0 Å². The smallest absolute Gasteiger partial charge is 0.513 e. The second-order valence-corrected chi connectivity index (χ2v) is 3.26. The van der Waals surface area contributed by atoms with E-state index in [0.29, 0.717) is 12.8 Å². The molecule has 0 saturated carbocycles. The van der Waals surface area contributed by atoms with Crippen LogP contribution in [0.4, 0.5) is 4.79 Å². The van der Waals surface area contributed by atoms with Crippen molar-refractivity contribution < 1.29 is 24.4 Å². The number of piperidine rings is 1. The van der Waals surface area contributed by atoms with Gasteiger partial charge < -0.3 is 15.4 Å². The number of aliphatic carboxylic acids is 1. The summed E-state index contributed by atoms with van der Waals surface area (Å²) in [6, 6.07) is 0. The van der Waals surface area contributed by atoms with Crippen LogP contribution in [0.2, 0.25) is 0 Å². The van der Waals surface area contributed by atoms with Crippen LogP contribution in [0.5, 0.6) is 0 Å². The minimum atomic E-state index is -1.49. The lowest BCUT2D eigenvalue weighted by molar-refractivity contribution is -0.815. The molecule has 0 spiro atoms. The van der Waals surface area contributed by atoms with Gasteiger partial charge in [-0.3, -0.25) is 9.44 Å². The lowest BCUT2D eigenvalue weighted by Crippen LogP contribution is -2.54. The number of carboxylic acid groups (broad SMARTS) is 2. The molecule has 0 aromatic rings. The molecule has 1 saturated heterocycles. The summed E-state index contributed by atoms with van der Waals surface area (Å²) in [6.45, 7) is -0.385. The molecule has 0 aromatic carbocycles. The lowest BCUT2D eigenvalue weighted by atomic mass is 9.98. The van der Waals surface area contributed by atoms with E-state index in [1.165, 1.54) is 0 Å². The van der Waals surface area contributed by atoms with Crippen LogP contribution >= 0.6 is 0 Å². The van der Waals surface area contributed by atoms with Crippen LogP contribution in [-0.2, 0) is 4.79 Å². The fourth-order valence-corrected chi connectivity index (χ4v) is 1.51. The van der Waals surface area contributed by atoms with Crippen molar-refractivity contribution in [2.45, 2.75) is 12.8 Å². The summed E-state index contributed by atoms with van der Waals surface area (Å²) in [7, 11) is 0. The maximum absolute atomic E-state index is 11.4. The van der Waals surface area contributed by atoms with Crippen molar-refractivity contribution in [3.63, 3.8) is 0 Å². The Balaban J connectivity index is 2.71. The number of carbonyl (C=O) groups is 2. The molecular weight excluding hydrogens is 178 g/mol. The van der Waals surface area contributed by atoms with E-state index in [1.54, 1.807) is 0 Å². The van der Waals surface area contributed by atoms with Gasteiger partial charge in [0, 0.05) is 0 Å². The Morgan fingerprint density at radius 2 is 2.00 bits per heavy atom. The van der Waals surface area contributed by atoms with E-state index in [2.05, 4.69) is 0 Å². The van der Waals surface area contributed by atoms with E-state index in [4.69, 9.17) is 10.2 Å². The topological polar surface area (TPSA) is 97.7 Å². The monoisotopic (exact) mass is 189 g/mol. The Labute approximate surface area is 74.6 Å². The summed E-state index contributed by atoms with van der Waals surface area (Å²) < 4.78 is -1.42. The van der Waals surface area contributed by atoms with Crippen LogP contribution in [0, 0.1) is 11.1 Å². The molecule has 74 valence electrons. The van der Waals surface area contributed by atoms with Gasteiger partial charge in [0.15, 0.2) is 0 Å². The van der Waals surface area contributed by atoms with Gasteiger partial charge >= 0.3 is 12.1 Å². The molecule has 1 aliphatic rings. The quantitative estimate of drug-likeness (QED) is 0.461. The van der Waals surface area contributed by atoms with Gasteiger partial charge in [-0.25, -0.2) is 0 Å². The maximum Gasteiger partial charge on any atom is 0.513 e. The third kappa shape index (κ3) is 1.96. The molecule has 2 unspecified atom stereocenters. The second kappa shape index (κ2) is 3.31. The Morgan fingerprint density at radius 3 is 2.46 bits per heavy atom. The molecule has 2 N–H and O–H groups in total. The number of quaternary nitrogens is 1. The third-order valence-electron chi connectivity index (χ3n) is 2.29. The summed E-state index contributed by atoms with van der Waals surface area (Å²) >= 11 is 0. The van der Waals surface area contributed by atoms with Crippen LogP contribution in [-0.4, -0.2) is 40.0 Å². The van der Waals surface area contributed by atoms with Gasteiger partial charge in [-0.1, -0.05) is 0 Å². The van der Waals surface area contributed by atoms with Crippen molar-refractivity contribution in [3.8, 4) is 0 Å². The number of nitrogens with zero attached hydrogens (tertiary/aromatic N) is 1. The second-order valence-electron chi connectivity index (χ2n) is 3.26. The third-order valence-corrected chi connectivity index (χ3v) is 2.29. The minimum absolute atomic E-state index is 0.0287. The molecule has 1 aliphatic heterocycles. The summed E-state index contributed by atoms with van der Waals surface area (Å²) in [4.78, 5) is 21.0. The molecule has 0 bridgehead atoms. The molecule has 0 aromatic heterocycles. The average molecular weight is 189 g/mol. The van der Waals surface area contributed by atoms with Crippen LogP contribution in [0.1, 0.15) is 12.8 Å². The van der Waals surface area contributed by atoms with Gasteiger partial charge in [-0.05, 0) is 12.8 Å². The van der Waals surface area contributed by atoms with Gasteiger partial charge in [0.1, 0.15) is 12.5 Å². The van der Waals surface area contributed by atoms with E-state index in [9.17, 15) is 14.8 Å². The summed E-state index contributed by atoms with van der Waals surface area (Å²) in [5.41, 5.74) is 0. The zero-order chi connectivity index (χ0) is 10.1. The summed E-state index contributed by atoms with van der Waals surface area (Å²) in [5.74, 6) is -1.90. The van der Waals surface area contributed by atoms with Crippen LogP contribution < -0.4 is 0 Å². The highest BCUT2D eigenvalue weighted by Crippen LogP contribution is 2.22. The summed E-state index contributed by atoms with van der Waals surface area (Å²) in [5, 5.41) is 28.6. The van der Waals surface area contributed by atoms with Gasteiger partial charge in [-0.15, -0.1) is 0 Å². The Hall–Kier alpha value is -1.14. The number of rotatable bonds is 1. The largest absolute Gasteiger partial charge is 0.622 e. The van der Waals surface area contributed by atoms with Crippen molar-refractivity contribution in [2.24, 2.45) is 5.92 Å². The highest BCUT2D eigenvalue weighted by molar-refractivity contribution is 5.70. The fraction of sp³-hybridized carbons (Fsp3) is 0.714. The van der Waals surface area contributed by atoms with Crippen molar-refractivity contribution >= 4 is 12.1 Å². The van der Waals surface area contributed by atoms with Gasteiger partial charge in [0.25, 0.3) is 0 Å². The highest BCUT2D eigenvalue weighted by atomic mass is 16.6. The van der Waals surface area contributed by atoms with Crippen LogP contribution in [0.3, 0.4) is 0 Å². The average Bonchev–Trinajstić information content (AvgIpc) is 2.04. The molecule has 1 rings (SSSR count). The molecule has 1 amide bonds. The van der Waals surface area contributed by atoms with Gasteiger partial charge in [0.05, 0.1) is 6.54 Å². The number of hydrogen-bond donors (Lipinski definition) is 2. The number of carboxylic acids is 1.